The number of thiophene rings is 1. The van der Waals surface area contributed by atoms with Crippen LogP contribution in [0.3, 0.4) is 0 Å². The predicted molar refractivity (Wildman–Crippen MR) is 86.9 cm³/mol. The predicted octanol–water partition coefficient (Wildman–Crippen LogP) is 2.82. The largest absolute Gasteiger partial charge is 0.308 e. The van der Waals surface area contributed by atoms with Crippen LogP contribution in [-0.2, 0) is 19.3 Å². The molecular formula is C14H15N5S2. The second-order valence-corrected chi connectivity index (χ2v) is 7.26. The van der Waals surface area contributed by atoms with E-state index in [0.29, 0.717) is 6.42 Å². The van der Waals surface area contributed by atoms with Crippen molar-refractivity contribution in [3.63, 3.8) is 0 Å². The summed E-state index contributed by atoms with van der Waals surface area (Å²) in [4.78, 5) is 16.3. The van der Waals surface area contributed by atoms with E-state index in [2.05, 4.69) is 20.8 Å². The van der Waals surface area contributed by atoms with Gasteiger partial charge in [-0.25, -0.2) is 20.8 Å². The number of nitrogens with two attached hydrogens (primary N) is 1. The van der Waals surface area contributed by atoms with Gasteiger partial charge < -0.3 is 5.43 Å². The number of thiazole rings is 1. The third-order valence-corrected chi connectivity index (χ3v) is 5.88. The molecule has 0 aliphatic heterocycles. The Morgan fingerprint density at radius 1 is 1.29 bits per heavy atom. The Balaban J connectivity index is 1.80. The summed E-state index contributed by atoms with van der Waals surface area (Å²) in [5.74, 6) is 7.22. The Morgan fingerprint density at radius 3 is 2.95 bits per heavy atom. The van der Waals surface area contributed by atoms with Crippen LogP contribution in [0.1, 0.15) is 33.4 Å². The normalized spacial score (nSPS) is 13.8. The summed E-state index contributed by atoms with van der Waals surface area (Å²) in [5, 5.41) is 4.21. The highest BCUT2D eigenvalue weighted by Crippen LogP contribution is 2.39. The fraction of sp³-hybridized carbons (Fsp3) is 0.357. The first-order chi connectivity index (χ1) is 10.2. The number of rotatable bonds is 3. The minimum atomic E-state index is 0.658. The van der Waals surface area contributed by atoms with E-state index in [0.717, 1.165) is 45.4 Å². The second-order valence-electron chi connectivity index (χ2n) is 5.23. The Bertz CT molecular complexity index is 820. The molecule has 3 heterocycles. The number of nitrogen functional groups attached to an aromatic ring is 1. The molecule has 0 saturated heterocycles. The minimum Gasteiger partial charge on any atom is -0.308 e. The van der Waals surface area contributed by atoms with Crippen molar-refractivity contribution in [3.8, 4) is 0 Å². The van der Waals surface area contributed by atoms with Crippen molar-refractivity contribution in [1.82, 2.24) is 15.0 Å². The molecule has 4 rings (SSSR count). The standard InChI is InChI=1S/C14H15N5S2/c1-7-6-20-11(16-7)5-10-17-13(19-15)12-8-3-2-4-9(8)21-14(12)18-10/h6H,2-5,15H2,1H3,(H,17,18,19). The van der Waals surface area contributed by atoms with E-state index in [4.69, 9.17) is 10.8 Å². The highest BCUT2D eigenvalue weighted by Gasteiger charge is 2.22. The topological polar surface area (TPSA) is 76.7 Å². The van der Waals surface area contributed by atoms with Crippen LogP contribution in [-0.4, -0.2) is 15.0 Å². The van der Waals surface area contributed by atoms with Gasteiger partial charge in [-0.15, -0.1) is 22.7 Å². The Morgan fingerprint density at radius 2 is 2.19 bits per heavy atom. The molecule has 0 spiro atoms. The number of fused-ring (bicyclic) bond motifs is 3. The average Bonchev–Trinajstić information content (AvgIpc) is 3.13. The van der Waals surface area contributed by atoms with Crippen LogP contribution in [0.4, 0.5) is 5.82 Å². The molecule has 0 amide bonds. The van der Waals surface area contributed by atoms with E-state index in [1.165, 1.54) is 16.9 Å². The third-order valence-electron chi connectivity index (χ3n) is 3.72. The van der Waals surface area contributed by atoms with Crippen LogP contribution in [0.5, 0.6) is 0 Å². The van der Waals surface area contributed by atoms with Gasteiger partial charge in [0.05, 0.1) is 11.8 Å². The summed E-state index contributed by atoms with van der Waals surface area (Å²) in [5.41, 5.74) is 5.19. The zero-order valence-corrected chi connectivity index (χ0v) is 13.3. The van der Waals surface area contributed by atoms with Crippen LogP contribution >= 0.6 is 22.7 Å². The van der Waals surface area contributed by atoms with Crippen LogP contribution in [0, 0.1) is 6.92 Å². The van der Waals surface area contributed by atoms with Crippen LogP contribution in [0.25, 0.3) is 10.2 Å². The molecule has 1 aliphatic carbocycles. The van der Waals surface area contributed by atoms with E-state index in [1.54, 1.807) is 22.7 Å². The van der Waals surface area contributed by atoms with Gasteiger partial charge in [0, 0.05) is 16.0 Å². The molecule has 0 radical (unpaired) electrons. The monoisotopic (exact) mass is 317 g/mol. The van der Waals surface area contributed by atoms with Gasteiger partial charge in [-0.3, -0.25) is 0 Å². The van der Waals surface area contributed by atoms with Crippen molar-refractivity contribution in [1.29, 1.82) is 0 Å². The molecule has 0 aromatic carbocycles. The molecule has 0 fully saturated rings. The highest BCUT2D eigenvalue weighted by molar-refractivity contribution is 7.19. The molecule has 3 aromatic heterocycles. The van der Waals surface area contributed by atoms with Crippen LogP contribution in [0.15, 0.2) is 5.38 Å². The lowest BCUT2D eigenvalue weighted by Gasteiger charge is -2.05. The number of nitrogens with one attached hydrogen (secondary N) is 1. The molecule has 21 heavy (non-hydrogen) atoms. The second kappa shape index (κ2) is 5.01. The summed E-state index contributed by atoms with van der Waals surface area (Å²) in [6.07, 6.45) is 4.15. The van der Waals surface area contributed by atoms with Crippen molar-refractivity contribution in [2.75, 3.05) is 5.43 Å². The maximum absolute atomic E-state index is 5.69. The zero-order valence-electron chi connectivity index (χ0n) is 11.6. The summed E-state index contributed by atoms with van der Waals surface area (Å²) >= 11 is 3.43. The van der Waals surface area contributed by atoms with Gasteiger partial charge in [-0.2, -0.15) is 0 Å². The molecule has 1 aliphatic rings. The van der Waals surface area contributed by atoms with E-state index in [-0.39, 0.29) is 0 Å². The van der Waals surface area contributed by atoms with E-state index in [9.17, 15) is 0 Å². The van der Waals surface area contributed by atoms with Gasteiger partial charge in [-0.1, -0.05) is 0 Å². The molecule has 0 unspecified atom stereocenters. The van der Waals surface area contributed by atoms with Gasteiger partial charge in [0.2, 0.25) is 0 Å². The van der Waals surface area contributed by atoms with E-state index < -0.39 is 0 Å². The van der Waals surface area contributed by atoms with Gasteiger partial charge in [0.1, 0.15) is 15.7 Å². The van der Waals surface area contributed by atoms with Gasteiger partial charge in [0.15, 0.2) is 5.82 Å². The summed E-state index contributed by atoms with van der Waals surface area (Å²) in [6, 6.07) is 0. The number of aryl methyl sites for hydroxylation is 3. The first kappa shape index (κ1) is 13.1. The lowest BCUT2D eigenvalue weighted by atomic mass is 10.2. The molecule has 5 nitrogen and oxygen atoms in total. The van der Waals surface area contributed by atoms with Crippen LogP contribution in [0.2, 0.25) is 0 Å². The molecule has 0 saturated carbocycles. The summed E-state index contributed by atoms with van der Waals surface area (Å²) in [7, 11) is 0. The molecule has 3 aromatic rings. The van der Waals surface area contributed by atoms with Gasteiger partial charge in [-0.05, 0) is 31.7 Å². The first-order valence-corrected chi connectivity index (χ1v) is 8.63. The maximum atomic E-state index is 5.69. The molecular weight excluding hydrogens is 302 g/mol. The lowest BCUT2D eigenvalue weighted by molar-refractivity contribution is 0.915. The van der Waals surface area contributed by atoms with Crippen LogP contribution < -0.4 is 11.3 Å². The molecule has 3 N–H and O–H groups in total. The smallest absolute Gasteiger partial charge is 0.152 e. The molecule has 0 atom stereocenters. The van der Waals surface area contributed by atoms with Crippen molar-refractivity contribution in [2.24, 2.45) is 5.84 Å². The number of anilines is 1. The number of aromatic nitrogens is 3. The quantitative estimate of drug-likeness (QED) is 0.574. The first-order valence-electron chi connectivity index (χ1n) is 6.93. The van der Waals surface area contributed by atoms with Gasteiger partial charge in [0.25, 0.3) is 0 Å². The van der Waals surface area contributed by atoms with Crippen molar-refractivity contribution >= 4 is 38.7 Å². The van der Waals surface area contributed by atoms with Gasteiger partial charge >= 0.3 is 0 Å². The molecule has 7 heteroatoms. The maximum Gasteiger partial charge on any atom is 0.152 e. The Kier molecular flexibility index (Phi) is 3.13. The summed E-state index contributed by atoms with van der Waals surface area (Å²) in [6.45, 7) is 2.00. The van der Waals surface area contributed by atoms with E-state index in [1.807, 2.05) is 6.92 Å². The SMILES string of the molecule is Cc1csc(Cc2nc(NN)c3c4c(sc3n2)CCC4)n1. The minimum absolute atomic E-state index is 0.658. The Hall–Kier alpha value is -1.57. The number of hydrazine groups is 1. The van der Waals surface area contributed by atoms with Crippen molar-refractivity contribution < 1.29 is 0 Å². The fourth-order valence-electron chi connectivity index (χ4n) is 2.84. The highest BCUT2D eigenvalue weighted by atomic mass is 32.1. The average molecular weight is 317 g/mol. The third kappa shape index (κ3) is 2.21. The number of nitrogens with zero attached hydrogens (tertiary/aromatic N) is 3. The number of hydrogen-bond donors (Lipinski definition) is 2. The summed E-state index contributed by atoms with van der Waals surface area (Å²) < 4.78 is 0. The van der Waals surface area contributed by atoms with E-state index >= 15 is 0 Å². The fourth-order valence-corrected chi connectivity index (χ4v) is 4.89. The molecule has 0 bridgehead atoms. The molecule has 108 valence electrons. The van der Waals surface area contributed by atoms with Crippen molar-refractivity contribution in [2.45, 2.75) is 32.6 Å². The zero-order chi connectivity index (χ0) is 14.4. The Labute approximate surface area is 130 Å². The number of hydrogen-bond acceptors (Lipinski definition) is 7. The lowest BCUT2D eigenvalue weighted by Crippen LogP contribution is -2.11. The van der Waals surface area contributed by atoms with Crippen molar-refractivity contribution in [3.05, 3.63) is 32.3 Å².